The maximum absolute atomic E-state index is 7.22. The van der Waals surface area contributed by atoms with Gasteiger partial charge >= 0.3 is 6.55 Å². The molecule has 2 aliphatic rings. The van der Waals surface area contributed by atoms with E-state index in [9.17, 15) is 0 Å². The Morgan fingerprint density at radius 2 is 1.03 bits per heavy atom. The van der Waals surface area contributed by atoms with E-state index >= 15 is 0 Å². The van der Waals surface area contributed by atoms with Gasteiger partial charge in [-0.1, -0.05) is 151 Å². The van der Waals surface area contributed by atoms with Crippen molar-refractivity contribution in [3.63, 3.8) is 0 Å². The highest BCUT2D eigenvalue weighted by Gasteiger charge is 2.48. The molecule has 0 saturated carbocycles. The third kappa shape index (κ3) is 3.71. The largest absolute Gasteiger partial charge is 0.685 e. The van der Waals surface area contributed by atoms with Gasteiger partial charge in [0.1, 0.15) is 0 Å². The van der Waals surface area contributed by atoms with Gasteiger partial charge in [0.25, 0.3) is 0 Å². The van der Waals surface area contributed by atoms with Crippen LogP contribution < -0.4 is 5.46 Å². The molecule has 0 fully saturated rings. The maximum Gasteiger partial charge on any atom is 0.354 e. The van der Waals surface area contributed by atoms with Crippen LogP contribution in [0.5, 0.6) is 0 Å². The summed E-state index contributed by atoms with van der Waals surface area (Å²) in [6.07, 6.45) is 1.84. The first-order valence-corrected chi connectivity index (χ1v) is 13.1. The zero-order valence-corrected chi connectivity index (χ0v) is 20.9. The van der Waals surface area contributed by atoms with E-state index in [0.29, 0.717) is 0 Å². The predicted octanol–water partition coefficient (Wildman–Crippen LogP) is 7.68. The van der Waals surface area contributed by atoms with Crippen molar-refractivity contribution < 1.29 is 9.31 Å². The minimum Gasteiger partial charge on any atom is -0.685 e. The molecular weight excluding hydrogens is 463 g/mol. The van der Waals surface area contributed by atoms with Crippen LogP contribution in [0.4, 0.5) is 0 Å². The van der Waals surface area contributed by atoms with Crippen LogP contribution in [0.2, 0.25) is 0 Å². The van der Waals surface area contributed by atoms with E-state index in [1.807, 2.05) is 12.1 Å². The van der Waals surface area contributed by atoms with Crippen LogP contribution in [-0.4, -0.2) is 6.55 Å². The van der Waals surface area contributed by atoms with E-state index in [0.717, 1.165) is 50.1 Å². The van der Waals surface area contributed by atoms with Crippen molar-refractivity contribution in [3.8, 4) is 0 Å². The fourth-order valence-corrected chi connectivity index (χ4v) is 5.92. The van der Waals surface area contributed by atoms with E-state index in [4.69, 9.17) is 9.31 Å². The third-order valence-electron chi connectivity index (χ3n) is 7.56. The topological polar surface area (TPSA) is 18.5 Å². The lowest BCUT2D eigenvalue weighted by Gasteiger charge is -2.49. The number of rotatable bonds is 4. The van der Waals surface area contributed by atoms with Crippen molar-refractivity contribution >= 4 is 28.8 Å². The Morgan fingerprint density at radius 1 is 0.500 bits per heavy atom. The second kappa shape index (κ2) is 9.37. The Morgan fingerprint density at radius 3 is 1.68 bits per heavy atom. The van der Waals surface area contributed by atoms with Crippen LogP contribution >= 0.6 is 0 Å². The quantitative estimate of drug-likeness (QED) is 0.241. The normalized spacial score (nSPS) is 20.1. The maximum atomic E-state index is 7.22. The highest BCUT2D eigenvalue weighted by atomic mass is 16.6. The lowest BCUT2D eigenvalue weighted by Crippen LogP contribution is -2.55. The van der Waals surface area contributed by atoms with Crippen molar-refractivity contribution in [2.75, 3.05) is 0 Å². The van der Waals surface area contributed by atoms with E-state index in [2.05, 4.69) is 140 Å². The summed E-state index contributed by atoms with van der Waals surface area (Å²) in [6, 6.07) is 50.5. The Bertz CT molecular complexity index is 1640. The highest BCUT2D eigenvalue weighted by Crippen LogP contribution is 2.49. The van der Waals surface area contributed by atoms with Gasteiger partial charge < -0.3 is 9.31 Å². The molecule has 7 rings (SSSR count). The fraction of sp³-hybridized carbons (Fsp3) is 0.0286. The first-order valence-electron chi connectivity index (χ1n) is 13.1. The summed E-state index contributed by atoms with van der Waals surface area (Å²) < 4.78 is 14.4. The number of hydrogen-bond donors (Lipinski definition) is 0. The van der Waals surface area contributed by atoms with E-state index < -0.39 is 6.55 Å². The summed E-state index contributed by atoms with van der Waals surface area (Å²) >= 11 is 0. The van der Waals surface area contributed by atoms with Gasteiger partial charge in [-0.15, -0.1) is 10.9 Å². The number of benzene rings is 5. The van der Waals surface area contributed by atoms with Crippen LogP contribution in [0.25, 0.3) is 16.8 Å². The lowest BCUT2D eigenvalue weighted by atomic mass is 9.45. The molecule has 3 heteroatoms. The molecule has 5 aromatic carbocycles. The molecule has 182 valence electrons. The smallest absolute Gasteiger partial charge is 0.354 e. The monoisotopic (exact) mass is 489 g/mol. The first-order chi connectivity index (χ1) is 18.8. The van der Waals surface area contributed by atoms with Crippen molar-refractivity contribution in [2.24, 2.45) is 0 Å². The van der Waals surface area contributed by atoms with Gasteiger partial charge in [0.15, 0.2) is 0 Å². The van der Waals surface area contributed by atoms with Crippen LogP contribution in [0.3, 0.4) is 0 Å². The summed E-state index contributed by atoms with van der Waals surface area (Å²) in [5, 5.41) is 0. The molecule has 0 amide bonds. The third-order valence-corrected chi connectivity index (χ3v) is 7.56. The Balaban J connectivity index is 1.54. The molecule has 2 atom stereocenters. The molecule has 2 unspecified atom stereocenters. The molecule has 5 aromatic rings. The molecule has 0 radical (unpaired) electrons. The summed E-state index contributed by atoms with van der Waals surface area (Å²) in [7, 11) is 0. The van der Waals surface area contributed by atoms with Gasteiger partial charge in [-0.2, -0.15) is 0 Å². The van der Waals surface area contributed by atoms with E-state index in [1.54, 1.807) is 0 Å². The van der Waals surface area contributed by atoms with Crippen LogP contribution in [0.1, 0.15) is 33.9 Å². The second-order valence-electron chi connectivity index (χ2n) is 9.80. The standard InChI is InChI=1S/C35H26BO2/c1-5-15-26(16-6-1)32-25-33(27-17-7-2-8-18-27)38-36(37-32)31-24-14-13-23-30(31)34(28-19-9-3-10-20-28)35(36)29-21-11-4-12-22-29/h1-25,32H/q-1. The first kappa shape index (κ1) is 22.6. The minimum absolute atomic E-state index is 0.276. The SMILES string of the molecule is C1=C(c2ccccc2)O[B-]2(OC1c1ccccc1)C(c1ccccc1)=C(c1ccccc1)c1ccccc12. The average Bonchev–Trinajstić information content (AvgIpc) is 3.28. The summed E-state index contributed by atoms with van der Waals surface area (Å²) in [4.78, 5) is 0. The molecular formula is C35H26BO2-. The van der Waals surface area contributed by atoms with E-state index in [1.165, 1.54) is 0 Å². The van der Waals surface area contributed by atoms with Gasteiger partial charge in [0.05, 0.1) is 11.9 Å². The van der Waals surface area contributed by atoms with Gasteiger partial charge in [0.2, 0.25) is 0 Å². The zero-order valence-electron chi connectivity index (χ0n) is 20.9. The van der Waals surface area contributed by atoms with Crippen LogP contribution in [0.15, 0.2) is 152 Å². The molecule has 2 heterocycles. The van der Waals surface area contributed by atoms with Gasteiger partial charge in [-0.25, -0.2) is 0 Å². The van der Waals surface area contributed by atoms with E-state index in [-0.39, 0.29) is 6.10 Å². The fourth-order valence-electron chi connectivity index (χ4n) is 5.92. The molecule has 0 aromatic heterocycles. The molecule has 0 aliphatic carbocycles. The van der Waals surface area contributed by atoms with Gasteiger partial charge in [-0.05, 0) is 28.3 Å². The van der Waals surface area contributed by atoms with Crippen LogP contribution in [-0.2, 0) is 9.31 Å². The summed E-state index contributed by atoms with van der Waals surface area (Å²) in [5.41, 5.74) is 8.86. The number of fused-ring (bicyclic) bond motifs is 2. The van der Waals surface area contributed by atoms with Gasteiger partial charge in [-0.3, -0.25) is 0 Å². The summed E-state index contributed by atoms with van der Waals surface area (Å²) in [5.74, 6) is 0.836. The molecule has 2 aliphatic heterocycles. The van der Waals surface area contributed by atoms with Crippen molar-refractivity contribution in [3.05, 3.63) is 179 Å². The van der Waals surface area contributed by atoms with Gasteiger partial charge in [0, 0.05) is 5.56 Å². The van der Waals surface area contributed by atoms with Crippen LogP contribution in [0, 0.1) is 0 Å². The Labute approximate surface area is 223 Å². The molecule has 0 N–H and O–H groups in total. The molecule has 1 spiro atoms. The van der Waals surface area contributed by atoms with Crippen molar-refractivity contribution in [2.45, 2.75) is 6.10 Å². The lowest BCUT2D eigenvalue weighted by molar-refractivity contribution is 0.183. The molecule has 0 saturated heterocycles. The Kier molecular flexibility index (Phi) is 5.57. The molecule has 2 nitrogen and oxygen atoms in total. The molecule has 38 heavy (non-hydrogen) atoms. The van der Waals surface area contributed by atoms with Crippen molar-refractivity contribution in [1.82, 2.24) is 0 Å². The number of hydrogen-bond acceptors (Lipinski definition) is 2. The average molecular weight is 489 g/mol. The minimum atomic E-state index is -2.08. The Hall–Kier alpha value is -4.60. The molecule has 0 bridgehead atoms. The summed E-state index contributed by atoms with van der Waals surface area (Å²) in [6.45, 7) is -2.08. The predicted molar refractivity (Wildman–Crippen MR) is 156 cm³/mol. The zero-order chi connectivity index (χ0) is 25.4. The second-order valence-corrected chi connectivity index (χ2v) is 9.80. The van der Waals surface area contributed by atoms with Crippen molar-refractivity contribution in [1.29, 1.82) is 0 Å². The highest BCUT2D eigenvalue weighted by molar-refractivity contribution is 7.01.